The Bertz CT molecular complexity index is 837. The summed E-state index contributed by atoms with van der Waals surface area (Å²) < 4.78 is 0. The summed E-state index contributed by atoms with van der Waals surface area (Å²) in [6.45, 7) is 4.05. The van der Waals surface area contributed by atoms with Crippen LogP contribution in [-0.2, 0) is 4.79 Å². The lowest BCUT2D eigenvalue weighted by Gasteiger charge is -2.39. The van der Waals surface area contributed by atoms with Crippen LogP contribution in [0, 0.1) is 6.92 Å². The number of phenols is 1. The van der Waals surface area contributed by atoms with Crippen LogP contribution in [0.15, 0.2) is 42.5 Å². The van der Waals surface area contributed by atoms with Gasteiger partial charge in [0.2, 0.25) is 5.91 Å². The molecule has 1 unspecified atom stereocenters. The quantitative estimate of drug-likeness (QED) is 0.896. The highest BCUT2D eigenvalue weighted by Crippen LogP contribution is 2.26. The van der Waals surface area contributed by atoms with Gasteiger partial charge in [0, 0.05) is 23.3 Å². The third-order valence-electron chi connectivity index (χ3n) is 4.35. The molecule has 2 aromatic carbocycles. The van der Waals surface area contributed by atoms with Gasteiger partial charge in [0.15, 0.2) is 0 Å². The van der Waals surface area contributed by atoms with Crippen molar-refractivity contribution in [3.05, 3.63) is 58.6 Å². The van der Waals surface area contributed by atoms with Crippen LogP contribution in [0.3, 0.4) is 0 Å². The Morgan fingerprint density at radius 3 is 2.68 bits per heavy atom. The van der Waals surface area contributed by atoms with Gasteiger partial charge in [-0.3, -0.25) is 9.59 Å². The molecule has 130 valence electrons. The molecule has 2 aromatic rings. The minimum Gasteiger partial charge on any atom is -0.507 e. The van der Waals surface area contributed by atoms with Crippen molar-refractivity contribution in [3.8, 4) is 5.75 Å². The number of hydrogen-bond acceptors (Lipinski definition) is 3. The summed E-state index contributed by atoms with van der Waals surface area (Å²) in [5.74, 6) is -0.591. The van der Waals surface area contributed by atoms with E-state index in [9.17, 15) is 14.7 Å². The summed E-state index contributed by atoms with van der Waals surface area (Å²) in [6.07, 6.45) is 0. The molecule has 3 rings (SSSR count). The second-order valence-corrected chi connectivity index (χ2v) is 6.72. The van der Waals surface area contributed by atoms with Crippen LogP contribution in [0.5, 0.6) is 5.75 Å². The first-order chi connectivity index (χ1) is 11.9. The molecule has 1 saturated heterocycles. The summed E-state index contributed by atoms with van der Waals surface area (Å²) in [5, 5.41) is 10.6. The molecule has 5 nitrogen and oxygen atoms in total. The minimum absolute atomic E-state index is 0.0418. The van der Waals surface area contributed by atoms with Crippen molar-refractivity contribution in [3.63, 3.8) is 0 Å². The van der Waals surface area contributed by atoms with E-state index in [1.54, 1.807) is 41.3 Å². The number of benzene rings is 2. The lowest BCUT2D eigenvalue weighted by Crippen LogP contribution is -2.57. The Morgan fingerprint density at radius 2 is 2.00 bits per heavy atom. The van der Waals surface area contributed by atoms with Gasteiger partial charge in [-0.15, -0.1) is 0 Å². The van der Waals surface area contributed by atoms with E-state index < -0.39 is 0 Å². The van der Waals surface area contributed by atoms with Crippen molar-refractivity contribution in [2.24, 2.45) is 0 Å². The van der Waals surface area contributed by atoms with E-state index in [1.165, 1.54) is 4.90 Å². The predicted octanol–water partition coefficient (Wildman–Crippen LogP) is 3.23. The number of rotatable bonds is 2. The standard InChI is InChI=1S/C19H19ClN2O3/c1-12-6-7-16(17(23)8-12)19(25)21-11-18(24)22(10-13(21)2)15-5-3-4-14(20)9-15/h3-9,13,23H,10-11H2,1-2H3. The number of halogens is 1. The largest absolute Gasteiger partial charge is 0.507 e. The van der Waals surface area contributed by atoms with E-state index in [2.05, 4.69) is 0 Å². The average Bonchev–Trinajstić information content (AvgIpc) is 2.56. The van der Waals surface area contributed by atoms with E-state index >= 15 is 0 Å². The maximum Gasteiger partial charge on any atom is 0.258 e. The van der Waals surface area contributed by atoms with Crippen molar-refractivity contribution in [1.29, 1.82) is 0 Å². The molecule has 0 bridgehead atoms. The van der Waals surface area contributed by atoms with Crippen molar-refractivity contribution < 1.29 is 14.7 Å². The van der Waals surface area contributed by atoms with E-state index in [0.29, 0.717) is 11.6 Å². The maximum atomic E-state index is 12.8. The third-order valence-corrected chi connectivity index (χ3v) is 4.58. The molecule has 0 radical (unpaired) electrons. The van der Waals surface area contributed by atoms with Gasteiger partial charge in [-0.2, -0.15) is 0 Å². The number of carbonyl (C=O) groups excluding carboxylic acids is 2. The highest BCUT2D eigenvalue weighted by molar-refractivity contribution is 6.30. The minimum atomic E-state index is -0.343. The second-order valence-electron chi connectivity index (χ2n) is 6.29. The predicted molar refractivity (Wildman–Crippen MR) is 97.1 cm³/mol. The van der Waals surface area contributed by atoms with Crippen LogP contribution < -0.4 is 4.90 Å². The number of amides is 2. The summed E-state index contributed by atoms with van der Waals surface area (Å²) in [4.78, 5) is 28.5. The summed E-state index contributed by atoms with van der Waals surface area (Å²) in [7, 11) is 0. The van der Waals surface area contributed by atoms with Gasteiger partial charge in [-0.25, -0.2) is 0 Å². The number of hydrogen-bond donors (Lipinski definition) is 1. The number of aryl methyl sites for hydroxylation is 1. The Kier molecular flexibility index (Phi) is 4.68. The number of anilines is 1. The zero-order valence-corrected chi connectivity index (χ0v) is 14.8. The molecular weight excluding hydrogens is 340 g/mol. The first kappa shape index (κ1) is 17.3. The molecule has 0 aromatic heterocycles. The SMILES string of the molecule is Cc1ccc(C(=O)N2CC(=O)N(c3cccc(Cl)c3)CC2C)c(O)c1. The molecular formula is C19H19ClN2O3. The molecule has 1 atom stereocenters. The Balaban J connectivity index is 1.82. The molecule has 0 saturated carbocycles. The number of aromatic hydroxyl groups is 1. The molecule has 25 heavy (non-hydrogen) atoms. The Hall–Kier alpha value is -2.53. The Morgan fingerprint density at radius 1 is 1.24 bits per heavy atom. The highest BCUT2D eigenvalue weighted by Gasteiger charge is 2.34. The van der Waals surface area contributed by atoms with Crippen molar-refractivity contribution in [2.75, 3.05) is 18.0 Å². The Labute approximate surface area is 151 Å². The van der Waals surface area contributed by atoms with Crippen LogP contribution in [0.1, 0.15) is 22.8 Å². The number of nitrogens with zero attached hydrogens (tertiary/aromatic N) is 2. The fourth-order valence-corrected chi connectivity index (χ4v) is 3.18. The summed E-state index contributed by atoms with van der Waals surface area (Å²) >= 11 is 6.01. The monoisotopic (exact) mass is 358 g/mol. The number of phenolic OH excluding ortho intramolecular Hbond substituents is 1. The zero-order valence-electron chi connectivity index (χ0n) is 14.1. The van der Waals surface area contributed by atoms with Gasteiger partial charge in [0.1, 0.15) is 12.3 Å². The number of piperazine rings is 1. The first-order valence-electron chi connectivity index (χ1n) is 8.03. The molecule has 0 spiro atoms. The van der Waals surface area contributed by atoms with Gasteiger partial charge < -0.3 is 14.9 Å². The van der Waals surface area contributed by atoms with Crippen molar-refractivity contribution in [1.82, 2.24) is 4.90 Å². The molecule has 1 aliphatic heterocycles. The fourth-order valence-electron chi connectivity index (χ4n) is 2.99. The van der Waals surface area contributed by atoms with E-state index in [1.807, 2.05) is 19.9 Å². The van der Waals surface area contributed by atoms with Crippen LogP contribution in [0.25, 0.3) is 0 Å². The molecule has 2 amide bonds. The first-order valence-corrected chi connectivity index (χ1v) is 8.41. The third kappa shape index (κ3) is 3.46. The maximum absolute atomic E-state index is 12.8. The summed E-state index contributed by atoms with van der Waals surface area (Å²) in [6, 6.07) is 11.8. The van der Waals surface area contributed by atoms with Crippen LogP contribution in [0.2, 0.25) is 5.02 Å². The average molecular weight is 359 g/mol. The highest BCUT2D eigenvalue weighted by atomic mass is 35.5. The van der Waals surface area contributed by atoms with Gasteiger partial charge >= 0.3 is 0 Å². The zero-order chi connectivity index (χ0) is 18.1. The smallest absolute Gasteiger partial charge is 0.258 e. The van der Waals surface area contributed by atoms with E-state index in [4.69, 9.17) is 11.6 Å². The molecule has 1 fully saturated rings. The van der Waals surface area contributed by atoms with Crippen LogP contribution in [-0.4, -0.2) is 41.0 Å². The topological polar surface area (TPSA) is 60.9 Å². The molecule has 6 heteroatoms. The molecule has 1 N–H and O–H groups in total. The van der Waals surface area contributed by atoms with Crippen molar-refractivity contribution >= 4 is 29.1 Å². The van der Waals surface area contributed by atoms with Gasteiger partial charge in [0.05, 0.1) is 5.56 Å². The molecule has 1 aliphatic rings. The second kappa shape index (κ2) is 6.76. The lowest BCUT2D eigenvalue weighted by molar-refractivity contribution is -0.121. The number of carbonyl (C=O) groups is 2. The normalized spacial score (nSPS) is 17.7. The lowest BCUT2D eigenvalue weighted by atomic mass is 10.1. The van der Waals surface area contributed by atoms with Gasteiger partial charge in [-0.1, -0.05) is 23.7 Å². The molecule has 0 aliphatic carbocycles. The van der Waals surface area contributed by atoms with Crippen LogP contribution >= 0.6 is 11.6 Å². The van der Waals surface area contributed by atoms with Crippen molar-refractivity contribution in [2.45, 2.75) is 19.9 Å². The summed E-state index contributed by atoms with van der Waals surface area (Å²) in [5.41, 5.74) is 1.79. The molecule has 1 heterocycles. The van der Waals surface area contributed by atoms with E-state index in [0.717, 1.165) is 11.3 Å². The van der Waals surface area contributed by atoms with Crippen LogP contribution in [0.4, 0.5) is 5.69 Å². The van der Waals surface area contributed by atoms with Gasteiger partial charge in [0.25, 0.3) is 5.91 Å². The fraction of sp³-hybridized carbons (Fsp3) is 0.263. The van der Waals surface area contributed by atoms with Gasteiger partial charge in [-0.05, 0) is 49.7 Å². The van der Waals surface area contributed by atoms with E-state index in [-0.39, 0.29) is 35.7 Å².